The number of benzene rings is 1. The number of nitrogens with two attached hydrogens (primary N) is 1. The average Bonchev–Trinajstić information content (AvgIpc) is 2.34. The van der Waals surface area contributed by atoms with E-state index in [0.717, 1.165) is 12.0 Å². The highest BCUT2D eigenvalue weighted by atomic mass is 35.5. The molecule has 3 nitrogen and oxygen atoms in total. The van der Waals surface area contributed by atoms with Gasteiger partial charge in [0, 0.05) is 5.02 Å². The molecule has 0 fully saturated rings. The summed E-state index contributed by atoms with van der Waals surface area (Å²) in [6, 6.07) is 7.07. The van der Waals surface area contributed by atoms with Crippen LogP contribution in [0.1, 0.15) is 45.2 Å². The van der Waals surface area contributed by atoms with Gasteiger partial charge < -0.3 is 11.1 Å². The molecule has 0 saturated carbocycles. The van der Waals surface area contributed by atoms with E-state index in [4.69, 9.17) is 17.3 Å². The molecule has 0 bridgehead atoms. The Morgan fingerprint density at radius 1 is 1.42 bits per heavy atom. The Kier molecular flexibility index (Phi) is 6.32. The van der Waals surface area contributed by atoms with Gasteiger partial charge in [-0.2, -0.15) is 0 Å². The van der Waals surface area contributed by atoms with Crippen LogP contribution in [-0.4, -0.2) is 11.9 Å². The van der Waals surface area contributed by atoms with Crippen LogP contribution in [0.2, 0.25) is 5.02 Å². The van der Waals surface area contributed by atoms with Crippen molar-refractivity contribution in [2.45, 2.75) is 45.7 Å². The largest absolute Gasteiger partial charge is 0.348 e. The fourth-order valence-electron chi connectivity index (χ4n) is 2.04. The van der Waals surface area contributed by atoms with Crippen LogP contribution in [0, 0.1) is 5.92 Å². The Morgan fingerprint density at radius 2 is 2.11 bits per heavy atom. The molecule has 0 aliphatic heterocycles. The first-order valence-corrected chi connectivity index (χ1v) is 7.13. The van der Waals surface area contributed by atoms with Gasteiger partial charge in [-0.05, 0) is 36.5 Å². The predicted octanol–water partition coefficient (Wildman–Crippen LogP) is 3.28. The van der Waals surface area contributed by atoms with Crippen LogP contribution in [0.15, 0.2) is 24.3 Å². The van der Waals surface area contributed by atoms with Crippen LogP contribution < -0.4 is 11.1 Å². The summed E-state index contributed by atoms with van der Waals surface area (Å²) in [6.07, 6.45) is 1.50. The summed E-state index contributed by atoms with van der Waals surface area (Å²) in [6.45, 7) is 6.14. The normalized spacial score (nSPS) is 14.2. The van der Waals surface area contributed by atoms with E-state index < -0.39 is 6.04 Å². The highest BCUT2D eigenvalue weighted by Gasteiger charge is 2.19. The lowest BCUT2D eigenvalue weighted by Gasteiger charge is -2.21. The highest BCUT2D eigenvalue weighted by Crippen LogP contribution is 2.20. The van der Waals surface area contributed by atoms with Gasteiger partial charge in [-0.3, -0.25) is 4.79 Å². The van der Waals surface area contributed by atoms with Crippen LogP contribution in [0.5, 0.6) is 0 Å². The molecule has 0 saturated heterocycles. The third kappa shape index (κ3) is 5.21. The van der Waals surface area contributed by atoms with E-state index in [9.17, 15) is 4.79 Å². The molecule has 0 aliphatic carbocycles. The SMILES string of the molecule is CCC(NC(=O)C(N)CC(C)C)c1cccc(Cl)c1. The summed E-state index contributed by atoms with van der Waals surface area (Å²) >= 11 is 5.98. The van der Waals surface area contributed by atoms with Crippen molar-refractivity contribution in [1.29, 1.82) is 0 Å². The molecular weight excluding hydrogens is 260 g/mol. The lowest BCUT2D eigenvalue weighted by molar-refractivity contribution is -0.123. The molecule has 2 atom stereocenters. The van der Waals surface area contributed by atoms with Crippen molar-refractivity contribution < 1.29 is 4.79 Å². The number of amides is 1. The molecule has 19 heavy (non-hydrogen) atoms. The van der Waals surface area contributed by atoms with Crippen molar-refractivity contribution in [3.63, 3.8) is 0 Å². The summed E-state index contributed by atoms with van der Waals surface area (Å²) in [4.78, 5) is 12.0. The summed E-state index contributed by atoms with van der Waals surface area (Å²) in [5.41, 5.74) is 6.91. The number of rotatable bonds is 6. The van der Waals surface area contributed by atoms with E-state index in [1.165, 1.54) is 0 Å². The Labute approximate surface area is 120 Å². The third-order valence-electron chi connectivity index (χ3n) is 3.04. The lowest BCUT2D eigenvalue weighted by atomic mass is 10.0. The van der Waals surface area contributed by atoms with Gasteiger partial charge in [0.1, 0.15) is 0 Å². The first kappa shape index (κ1) is 16.0. The van der Waals surface area contributed by atoms with Crippen molar-refractivity contribution in [3.05, 3.63) is 34.9 Å². The molecule has 0 radical (unpaired) electrons. The molecule has 1 aromatic rings. The highest BCUT2D eigenvalue weighted by molar-refractivity contribution is 6.30. The van der Waals surface area contributed by atoms with E-state index in [-0.39, 0.29) is 11.9 Å². The quantitative estimate of drug-likeness (QED) is 0.841. The van der Waals surface area contributed by atoms with Crippen LogP contribution in [0.4, 0.5) is 0 Å². The zero-order valence-electron chi connectivity index (χ0n) is 11.8. The second-order valence-corrected chi connectivity index (χ2v) is 5.70. The molecule has 0 aliphatic rings. The van der Waals surface area contributed by atoms with Crippen molar-refractivity contribution in [1.82, 2.24) is 5.32 Å². The smallest absolute Gasteiger partial charge is 0.237 e. The lowest BCUT2D eigenvalue weighted by Crippen LogP contribution is -2.42. The summed E-state index contributed by atoms with van der Waals surface area (Å²) in [7, 11) is 0. The van der Waals surface area contributed by atoms with Gasteiger partial charge in [0.2, 0.25) is 5.91 Å². The minimum atomic E-state index is -0.451. The predicted molar refractivity (Wildman–Crippen MR) is 80.1 cm³/mol. The first-order valence-electron chi connectivity index (χ1n) is 6.75. The number of halogens is 1. The fourth-order valence-corrected chi connectivity index (χ4v) is 2.24. The molecule has 106 valence electrons. The Bertz CT molecular complexity index is 420. The number of carbonyl (C=O) groups excluding carboxylic acids is 1. The first-order chi connectivity index (χ1) is 8.93. The van der Waals surface area contributed by atoms with Crippen molar-refractivity contribution in [2.75, 3.05) is 0 Å². The van der Waals surface area contributed by atoms with E-state index in [2.05, 4.69) is 19.2 Å². The zero-order chi connectivity index (χ0) is 14.4. The molecule has 4 heteroatoms. The topological polar surface area (TPSA) is 55.1 Å². The van der Waals surface area contributed by atoms with Crippen molar-refractivity contribution in [3.8, 4) is 0 Å². The van der Waals surface area contributed by atoms with Crippen LogP contribution in [0.25, 0.3) is 0 Å². The van der Waals surface area contributed by atoms with Gasteiger partial charge in [-0.25, -0.2) is 0 Å². The van der Waals surface area contributed by atoms with E-state index in [0.29, 0.717) is 17.4 Å². The van der Waals surface area contributed by atoms with Gasteiger partial charge in [0.25, 0.3) is 0 Å². The Balaban J connectivity index is 2.69. The number of hydrogen-bond acceptors (Lipinski definition) is 2. The summed E-state index contributed by atoms with van der Waals surface area (Å²) in [5, 5.41) is 3.67. The van der Waals surface area contributed by atoms with Crippen molar-refractivity contribution in [2.24, 2.45) is 11.7 Å². The van der Waals surface area contributed by atoms with E-state index in [1.807, 2.05) is 31.2 Å². The summed E-state index contributed by atoms with van der Waals surface area (Å²) in [5.74, 6) is 0.313. The summed E-state index contributed by atoms with van der Waals surface area (Å²) < 4.78 is 0. The maximum absolute atomic E-state index is 12.0. The molecule has 0 spiro atoms. The molecule has 2 unspecified atom stereocenters. The second kappa shape index (κ2) is 7.51. The molecule has 1 aromatic carbocycles. The minimum Gasteiger partial charge on any atom is -0.348 e. The number of hydrogen-bond donors (Lipinski definition) is 2. The van der Waals surface area contributed by atoms with Gasteiger partial charge in [-0.15, -0.1) is 0 Å². The third-order valence-corrected chi connectivity index (χ3v) is 3.27. The van der Waals surface area contributed by atoms with Crippen molar-refractivity contribution >= 4 is 17.5 Å². The Hall–Kier alpha value is -1.06. The van der Waals surface area contributed by atoms with E-state index in [1.54, 1.807) is 0 Å². The van der Waals surface area contributed by atoms with Gasteiger partial charge in [-0.1, -0.05) is 44.5 Å². The maximum atomic E-state index is 12.0. The number of carbonyl (C=O) groups is 1. The molecule has 0 aromatic heterocycles. The Morgan fingerprint density at radius 3 is 2.63 bits per heavy atom. The molecule has 1 amide bonds. The van der Waals surface area contributed by atoms with E-state index >= 15 is 0 Å². The van der Waals surface area contributed by atoms with Crippen LogP contribution in [-0.2, 0) is 4.79 Å². The average molecular weight is 283 g/mol. The standard InChI is InChI=1S/C15H23ClN2O/c1-4-14(11-6-5-7-12(16)9-11)18-15(19)13(17)8-10(2)3/h5-7,9-10,13-14H,4,8,17H2,1-3H3,(H,18,19). The molecule has 1 rings (SSSR count). The molecule has 3 N–H and O–H groups in total. The number of nitrogens with one attached hydrogen (secondary N) is 1. The van der Waals surface area contributed by atoms with Crippen LogP contribution in [0.3, 0.4) is 0 Å². The van der Waals surface area contributed by atoms with Crippen LogP contribution >= 0.6 is 11.6 Å². The maximum Gasteiger partial charge on any atom is 0.237 e. The monoisotopic (exact) mass is 282 g/mol. The molecule has 0 heterocycles. The van der Waals surface area contributed by atoms with Gasteiger partial charge >= 0.3 is 0 Å². The minimum absolute atomic E-state index is 0.0376. The molecular formula is C15H23ClN2O. The van der Waals surface area contributed by atoms with Gasteiger partial charge in [0.15, 0.2) is 0 Å². The second-order valence-electron chi connectivity index (χ2n) is 5.26. The fraction of sp³-hybridized carbons (Fsp3) is 0.533. The zero-order valence-corrected chi connectivity index (χ0v) is 12.6. The van der Waals surface area contributed by atoms with Gasteiger partial charge in [0.05, 0.1) is 12.1 Å².